The van der Waals surface area contributed by atoms with Gasteiger partial charge < -0.3 is 15.6 Å². The van der Waals surface area contributed by atoms with E-state index in [1.54, 1.807) is 0 Å². The standard InChI is InChI=1S/C15H20N4O/c16-10-12-1-3-13(4-2-12)15-18-14(20-19-15)9-11-5-7-17-8-6-11/h1-4,11,17H,5-10,16H2. The molecule has 106 valence electrons. The third-order valence-electron chi connectivity index (χ3n) is 3.84. The van der Waals surface area contributed by atoms with Gasteiger partial charge in [0.2, 0.25) is 11.7 Å². The number of rotatable bonds is 4. The summed E-state index contributed by atoms with van der Waals surface area (Å²) in [6.07, 6.45) is 3.25. The van der Waals surface area contributed by atoms with Crippen LogP contribution in [0.1, 0.15) is 24.3 Å². The molecule has 1 aromatic carbocycles. The van der Waals surface area contributed by atoms with Gasteiger partial charge in [0.25, 0.3) is 0 Å². The molecule has 2 aromatic rings. The molecule has 1 fully saturated rings. The Morgan fingerprint density at radius 2 is 1.95 bits per heavy atom. The van der Waals surface area contributed by atoms with Crippen molar-refractivity contribution >= 4 is 0 Å². The second-order valence-electron chi connectivity index (χ2n) is 5.31. The largest absolute Gasteiger partial charge is 0.339 e. The fraction of sp³-hybridized carbons (Fsp3) is 0.467. The molecule has 20 heavy (non-hydrogen) atoms. The van der Waals surface area contributed by atoms with Crippen molar-refractivity contribution in [2.24, 2.45) is 11.7 Å². The summed E-state index contributed by atoms with van der Waals surface area (Å²) in [6, 6.07) is 7.97. The van der Waals surface area contributed by atoms with Crippen molar-refractivity contribution < 1.29 is 4.52 Å². The van der Waals surface area contributed by atoms with Crippen LogP contribution in [-0.4, -0.2) is 23.2 Å². The van der Waals surface area contributed by atoms with E-state index in [0.29, 0.717) is 18.3 Å². The summed E-state index contributed by atoms with van der Waals surface area (Å²) in [7, 11) is 0. The van der Waals surface area contributed by atoms with Gasteiger partial charge in [-0.1, -0.05) is 29.4 Å². The van der Waals surface area contributed by atoms with Crippen LogP contribution in [0.5, 0.6) is 0 Å². The Kier molecular flexibility index (Phi) is 4.08. The lowest BCUT2D eigenvalue weighted by Crippen LogP contribution is -2.28. The summed E-state index contributed by atoms with van der Waals surface area (Å²) in [4.78, 5) is 4.50. The molecule has 1 aliphatic rings. The number of piperidine rings is 1. The number of nitrogens with two attached hydrogens (primary N) is 1. The van der Waals surface area contributed by atoms with Gasteiger partial charge in [0, 0.05) is 18.5 Å². The van der Waals surface area contributed by atoms with Gasteiger partial charge in [-0.15, -0.1) is 0 Å². The highest BCUT2D eigenvalue weighted by molar-refractivity contribution is 5.54. The van der Waals surface area contributed by atoms with Crippen molar-refractivity contribution in [3.05, 3.63) is 35.7 Å². The highest BCUT2D eigenvalue weighted by Gasteiger charge is 2.17. The van der Waals surface area contributed by atoms with Gasteiger partial charge in [-0.3, -0.25) is 0 Å². The van der Waals surface area contributed by atoms with Crippen molar-refractivity contribution in [1.82, 2.24) is 15.5 Å². The molecule has 0 aliphatic carbocycles. The average Bonchev–Trinajstić information content (AvgIpc) is 2.97. The molecule has 0 unspecified atom stereocenters. The van der Waals surface area contributed by atoms with Crippen molar-refractivity contribution in [1.29, 1.82) is 0 Å². The van der Waals surface area contributed by atoms with E-state index in [9.17, 15) is 0 Å². The molecule has 1 aliphatic heterocycles. The van der Waals surface area contributed by atoms with E-state index < -0.39 is 0 Å². The molecule has 5 nitrogen and oxygen atoms in total. The molecule has 5 heteroatoms. The summed E-state index contributed by atoms with van der Waals surface area (Å²) in [5.41, 5.74) is 7.67. The van der Waals surface area contributed by atoms with Crippen molar-refractivity contribution in [3.8, 4) is 11.4 Å². The molecule has 1 saturated heterocycles. The molecular formula is C15H20N4O. The van der Waals surface area contributed by atoms with Crippen LogP contribution in [0.2, 0.25) is 0 Å². The first-order chi connectivity index (χ1) is 9.85. The summed E-state index contributed by atoms with van der Waals surface area (Å²) in [6.45, 7) is 2.73. The van der Waals surface area contributed by atoms with E-state index in [2.05, 4.69) is 15.5 Å². The maximum Gasteiger partial charge on any atom is 0.227 e. The number of aromatic nitrogens is 2. The van der Waals surface area contributed by atoms with Crippen LogP contribution >= 0.6 is 0 Å². The highest BCUT2D eigenvalue weighted by Crippen LogP contribution is 2.20. The number of nitrogens with one attached hydrogen (secondary N) is 1. The predicted molar refractivity (Wildman–Crippen MR) is 76.9 cm³/mol. The van der Waals surface area contributed by atoms with Crippen LogP contribution < -0.4 is 11.1 Å². The van der Waals surface area contributed by atoms with E-state index in [4.69, 9.17) is 10.3 Å². The summed E-state index contributed by atoms with van der Waals surface area (Å²) in [5.74, 6) is 2.07. The van der Waals surface area contributed by atoms with Crippen molar-refractivity contribution in [3.63, 3.8) is 0 Å². The lowest BCUT2D eigenvalue weighted by Gasteiger charge is -2.20. The Hall–Kier alpha value is -1.72. The zero-order valence-corrected chi connectivity index (χ0v) is 11.5. The normalized spacial score (nSPS) is 16.4. The molecule has 1 aromatic heterocycles. The third-order valence-corrected chi connectivity index (χ3v) is 3.84. The fourth-order valence-corrected chi connectivity index (χ4v) is 2.58. The molecule has 3 N–H and O–H groups in total. The minimum atomic E-state index is 0.549. The van der Waals surface area contributed by atoms with Gasteiger partial charge in [0.05, 0.1) is 0 Å². The van der Waals surface area contributed by atoms with Gasteiger partial charge in [0.1, 0.15) is 0 Å². The zero-order chi connectivity index (χ0) is 13.8. The van der Waals surface area contributed by atoms with Crippen molar-refractivity contribution in [2.45, 2.75) is 25.8 Å². The van der Waals surface area contributed by atoms with Gasteiger partial charge >= 0.3 is 0 Å². The van der Waals surface area contributed by atoms with E-state index in [1.165, 1.54) is 12.8 Å². The third kappa shape index (κ3) is 3.05. The number of hydrogen-bond acceptors (Lipinski definition) is 5. The molecular weight excluding hydrogens is 252 g/mol. The molecule has 0 atom stereocenters. The van der Waals surface area contributed by atoms with Crippen molar-refractivity contribution in [2.75, 3.05) is 13.1 Å². The Balaban J connectivity index is 1.68. The quantitative estimate of drug-likeness (QED) is 0.886. The topological polar surface area (TPSA) is 77.0 Å². The maximum absolute atomic E-state index is 5.59. The Morgan fingerprint density at radius 1 is 1.20 bits per heavy atom. The molecule has 3 rings (SSSR count). The molecule has 0 amide bonds. The van der Waals surface area contributed by atoms with E-state index in [1.807, 2.05) is 24.3 Å². The number of nitrogens with zero attached hydrogens (tertiary/aromatic N) is 2. The lowest BCUT2D eigenvalue weighted by molar-refractivity contribution is 0.313. The Bertz CT molecular complexity index is 543. The number of hydrogen-bond donors (Lipinski definition) is 2. The highest BCUT2D eigenvalue weighted by atomic mass is 16.5. The first kappa shape index (κ1) is 13.3. The van der Waals surface area contributed by atoms with Gasteiger partial charge in [-0.05, 0) is 37.4 Å². The molecule has 0 radical (unpaired) electrons. The Morgan fingerprint density at radius 3 is 2.65 bits per heavy atom. The summed E-state index contributed by atoms with van der Waals surface area (Å²) >= 11 is 0. The van der Waals surface area contributed by atoms with E-state index >= 15 is 0 Å². The van der Waals surface area contributed by atoms with E-state index in [-0.39, 0.29) is 0 Å². The summed E-state index contributed by atoms with van der Waals surface area (Å²) < 4.78 is 5.37. The summed E-state index contributed by atoms with van der Waals surface area (Å²) in [5, 5.41) is 7.44. The first-order valence-corrected chi connectivity index (χ1v) is 7.18. The minimum Gasteiger partial charge on any atom is -0.339 e. The first-order valence-electron chi connectivity index (χ1n) is 7.18. The smallest absolute Gasteiger partial charge is 0.227 e. The monoisotopic (exact) mass is 272 g/mol. The fourth-order valence-electron chi connectivity index (χ4n) is 2.58. The van der Waals surface area contributed by atoms with Gasteiger partial charge in [-0.25, -0.2) is 0 Å². The number of benzene rings is 1. The zero-order valence-electron chi connectivity index (χ0n) is 11.5. The van der Waals surface area contributed by atoms with Crippen LogP contribution in [0.15, 0.2) is 28.8 Å². The van der Waals surface area contributed by atoms with Crippen LogP contribution in [-0.2, 0) is 13.0 Å². The maximum atomic E-state index is 5.59. The van der Waals surface area contributed by atoms with Crippen LogP contribution in [0, 0.1) is 5.92 Å². The molecule has 2 heterocycles. The molecule has 0 spiro atoms. The Labute approximate surface area is 118 Å². The minimum absolute atomic E-state index is 0.549. The average molecular weight is 272 g/mol. The molecule has 0 saturated carbocycles. The molecule has 0 bridgehead atoms. The second-order valence-corrected chi connectivity index (χ2v) is 5.31. The van der Waals surface area contributed by atoms with Gasteiger partial charge in [0.15, 0.2) is 0 Å². The second kappa shape index (κ2) is 6.15. The SMILES string of the molecule is NCc1ccc(-c2noc(CC3CCNCC3)n2)cc1. The van der Waals surface area contributed by atoms with Crippen LogP contribution in [0.3, 0.4) is 0 Å². The van der Waals surface area contributed by atoms with Gasteiger partial charge in [-0.2, -0.15) is 4.98 Å². The lowest BCUT2D eigenvalue weighted by atomic mass is 9.95. The van der Waals surface area contributed by atoms with Crippen LogP contribution in [0.4, 0.5) is 0 Å². The predicted octanol–water partition coefficient (Wildman–Crippen LogP) is 1.74. The van der Waals surface area contributed by atoms with E-state index in [0.717, 1.165) is 36.5 Å². The van der Waals surface area contributed by atoms with Crippen LogP contribution in [0.25, 0.3) is 11.4 Å².